The second kappa shape index (κ2) is 22.1. The normalized spacial score (nSPS) is 11.4. The summed E-state index contributed by atoms with van der Waals surface area (Å²) >= 11 is 0. The summed E-state index contributed by atoms with van der Waals surface area (Å²) in [6.45, 7) is 6.75. The molecule has 0 saturated heterocycles. The number of aliphatic carboxylic acids is 1. The van der Waals surface area contributed by atoms with Crippen molar-refractivity contribution in [1.82, 2.24) is 0 Å². The van der Waals surface area contributed by atoms with Gasteiger partial charge in [0.25, 0.3) is 0 Å². The molecule has 28 heavy (non-hydrogen) atoms. The van der Waals surface area contributed by atoms with Crippen LogP contribution < -0.4 is 34.7 Å². The zero-order valence-corrected chi connectivity index (χ0v) is 21.4. The first-order chi connectivity index (χ1) is 13.1. The molecule has 0 unspecified atom stereocenters. The van der Waals surface area contributed by atoms with Crippen LogP contribution in [-0.2, 0) is 14.3 Å². The molecule has 0 bridgehead atoms. The van der Waals surface area contributed by atoms with Gasteiger partial charge >= 0.3 is 29.6 Å². The molecule has 0 rings (SSSR count). The first-order valence-electron chi connectivity index (χ1n) is 11.6. The smallest absolute Gasteiger partial charge is 0.544 e. The SMILES string of the molecule is CCCCCCCCCCOC(C)(OCCCCCCCCCC)C(=O)[O-].[Na+]. The van der Waals surface area contributed by atoms with E-state index in [4.69, 9.17) is 9.47 Å². The Hall–Kier alpha value is 0.390. The second-order valence-electron chi connectivity index (χ2n) is 7.88. The van der Waals surface area contributed by atoms with Crippen LogP contribution in [0.3, 0.4) is 0 Å². The summed E-state index contributed by atoms with van der Waals surface area (Å²) in [6.07, 6.45) is 19.2. The number of rotatable bonds is 21. The minimum absolute atomic E-state index is 0. The zero-order chi connectivity index (χ0) is 20.2. The average molecular weight is 409 g/mol. The van der Waals surface area contributed by atoms with Crippen molar-refractivity contribution < 1.29 is 48.9 Å². The van der Waals surface area contributed by atoms with Crippen LogP contribution in [0.15, 0.2) is 0 Å². The third-order valence-electron chi connectivity index (χ3n) is 5.12. The van der Waals surface area contributed by atoms with Crippen molar-refractivity contribution in [3.63, 3.8) is 0 Å². The van der Waals surface area contributed by atoms with Crippen LogP contribution in [0.2, 0.25) is 0 Å². The molecule has 0 radical (unpaired) electrons. The van der Waals surface area contributed by atoms with Crippen LogP contribution in [0.5, 0.6) is 0 Å². The van der Waals surface area contributed by atoms with Gasteiger partial charge in [-0.2, -0.15) is 0 Å². The molecule has 0 aromatic heterocycles. The maximum atomic E-state index is 11.4. The van der Waals surface area contributed by atoms with Crippen molar-refractivity contribution >= 4 is 5.97 Å². The van der Waals surface area contributed by atoms with E-state index in [0.717, 1.165) is 25.7 Å². The van der Waals surface area contributed by atoms with Gasteiger partial charge in [0.05, 0.1) is 13.2 Å². The van der Waals surface area contributed by atoms with E-state index in [0.29, 0.717) is 13.2 Å². The molecule has 0 atom stereocenters. The summed E-state index contributed by atoms with van der Waals surface area (Å²) in [4.78, 5) is 11.4. The minimum Gasteiger partial charge on any atom is -0.544 e. The Morgan fingerprint density at radius 1 is 0.643 bits per heavy atom. The average Bonchev–Trinajstić information content (AvgIpc) is 2.65. The Morgan fingerprint density at radius 3 is 1.21 bits per heavy atom. The summed E-state index contributed by atoms with van der Waals surface area (Å²) in [5, 5.41) is 11.4. The molecule has 0 amide bonds. The second-order valence-corrected chi connectivity index (χ2v) is 7.88. The molecule has 5 heteroatoms. The van der Waals surface area contributed by atoms with E-state index in [1.807, 2.05) is 0 Å². The van der Waals surface area contributed by atoms with E-state index in [2.05, 4.69) is 13.8 Å². The van der Waals surface area contributed by atoms with Crippen molar-refractivity contribution in [2.75, 3.05) is 13.2 Å². The van der Waals surface area contributed by atoms with Gasteiger partial charge in [0, 0.05) is 0 Å². The van der Waals surface area contributed by atoms with E-state index in [1.54, 1.807) is 0 Å². The molecule has 4 nitrogen and oxygen atoms in total. The van der Waals surface area contributed by atoms with E-state index < -0.39 is 11.8 Å². The quantitative estimate of drug-likeness (QED) is 0.166. The van der Waals surface area contributed by atoms with Crippen LogP contribution in [0, 0.1) is 0 Å². The Kier molecular flexibility index (Phi) is 24.1. The van der Waals surface area contributed by atoms with Crippen LogP contribution in [-0.4, -0.2) is 25.0 Å². The van der Waals surface area contributed by atoms with E-state index in [-0.39, 0.29) is 29.6 Å². The minimum atomic E-state index is -1.61. The van der Waals surface area contributed by atoms with Crippen molar-refractivity contribution in [2.24, 2.45) is 0 Å². The van der Waals surface area contributed by atoms with Crippen molar-refractivity contribution in [3.05, 3.63) is 0 Å². The van der Waals surface area contributed by atoms with Gasteiger partial charge in [-0.3, -0.25) is 0 Å². The molecule has 0 aromatic rings. The maximum Gasteiger partial charge on any atom is 1.00 e. The number of ether oxygens (including phenoxy) is 2. The van der Waals surface area contributed by atoms with Gasteiger partial charge in [0.1, 0.15) is 5.97 Å². The molecular formula is C23H45NaO4. The molecule has 0 aliphatic rings. The standard InChI is InChI=1S/C23H46O4.Na/c1-4-6-8-10-12-14-16-18-20-26-23(3,22(24)25)27-21-19-17-15-13-11-9-7-5-2;/h4-21H2,1-3H3,(H,24,25);/q;+1/p-1. The zero-order valence-electron chi connectivity index (χ0n) is 19.4. The van der Waals surface area contributed by atoms with E-state index in [1.165, 1.54) is 84.0 Å². The molecule has 0 spiro atoms. The van der Waals surface area contributed by atoms with Gasteiger partial charge in [-0.05, 0) is 19.8 Å². The van der Waals surface area contributed by atoms with Crippen LogP contribution in [0.25, 0.3) is 0 Å². The summed E-state index contributed by atoms with van der Waals surface area (Å²) in [5.74, 6) is -2.89. The molecule has 0 fully saturated rings. The van der Waals surface area contributed by atoms with Gasteiger partial charge in [-0.15, -0.1) is 0 Å². The Balaban J connectivity index is 0. The topological polar surface area (TPSA) is 58.6 Å². The molecule has 0 aromatic carbocycles. The monoisotopic (exact) mass is 408 g/mol. The molecule has 0 aliphatic carbocycles. The fourth-order valence-corrected chi connectivity index (χ4v) is 3.17. The molecule has 0 aliphatic heterocycles. The number of carbonyl (C=O) groups excluding carboxylic acids is 1. The summed E-state index contributed by atoms with van der Waals surface area (Å²) in [5.41, 5.74) is 0. The van der Waals surface area contributed by atoms with Gasteiger partial charge in [0.15, 0.2) is 0 Å². The predicted molar refractivity (Wildman–Crippen MR) is 111 cm³/mol. The molecule has 0 heterocycles. The van der Waals surface area contributed by atoms with Crippen LogP contribution in [0.4, 0.5) is 0 Å². The Morgan fingerprint density at radius 2 is 0.929 bits per heavy atom. The number of carboxylic acids is 1. The van der Waals surface area contributed by atoms with Gasteiger partial charge < -0.3 is 19.4 Å². The van der Waals surface area contributed by atoms with Gasteiger partial charge in [-0.25, -0.2) is 0 Å². The summed E-state index contributed by atoms with van der Waals surface area (Å²) < 4.78 is 11.0. The maximum absolute atomic E-state index is 11.4. The third-order valence-corrected chi connectivity index (χ3v) is 5.12. The van der Waals surface area contributed by atoms with Crippen LogP contribution >= 0.6 is 0 Å². The summed E-state index contributed by atoms with van der Waals surface area (Å²) in [7, 11) is 0. The van der Waals surface area contributed by atoms with E-state index >= 15 is 0 Å². The summed E-state index contributed by atoms with van der Waals surface area (Å²) in [6, 6.07) is 0. The number of carbonyl (C=O) groups is 1. The Bertz CT molecular complexity index is 315. The largest absolute Gasteiger partial charge is 1.00 e. The van der Waals surface area contributed by atoms with Crippen molar-refractivity contribution in [1.29, 1.82) is 0 Å². The molecular weight excluding hydrogens is 363 g/mol. The molecule has 0 N–H and O–H groups in total. The first kappa shape index (κ1) is 30.6. The predicted octanol–water partition coefficient (Wildman–Crippen LogP) is 2.77. The van der Waals surface area contributed by atoms with Crippen LogP contribution in [0.1, 0.15) is 124 Å². The molecule has 0 saturated carbocycles. The Labute approximate surface area is 196 Å². The van der Waals surface area contributed by atoms with E-state index in [9.17, 15) is 9.90 Å². The third kappa shape index (κ3) is 18.4. The van der Waals surface area contributed by atoms with Gasteiger partial charge in [-0.1, -0.05) is 104 Å². The van der Waals surface area contributed by atoms with Crippen molar-refractivity contribution in [3.8, 4) is 0 Å². The number of unbranched alkanes of at least 4 members (excludes halogenated alkanes) is 14. The van der Waals surface area contributed by atoms with Crippen molar-refractivity contribution in [2.45, 2.75) is 129 Å². The van der Waals surface area contributed by atoms with Gasteiger partial charge in [0.2, 0.25) is 5.79 Å². The molecule has 162 valence electrons. The number of carboxylic acid groups (broad SMARTS) is 1. The fraction of sp³-hybridized carbons (Fsp3) is 0.957. The number of hydrogen-bond acceptors (Lipinski definition) is 4. The fourth-order valence-electron chi connectivity index (χ4n) is 3.17. The number of hydrogen-bond donors (Lipinski definition) is 0. The first-order valence-corrected chi connectivity index (χ1v) is 11.6.